The predicted octanol–water partition coefficient (Wildman–Crippen LogP) is 3.95. The van der Waals surface area contributed by atoms with Crippen LogP contribution in [0.25, 0.3) is 22.4 Å². The summed E-state index contributed by atoms with van der Waals surface area (Å²) in [7, 11) is 1.44. The van der Waals surface area contributed by atoms with Crippen molar-refractivity contribution >= 4 is 34.5 Å². The molecule has 0 atom stereocenters. The molecule has 0 saturated carbocycles. The Morgan fingerprint density at radius 1 is 0.778 bits per heavy atom. The number of aryl methyl sites for hydroxylation is 1. The first-order valence-corrected chi connectivity index (χ1v) is 11.3. The largest absolute Gasteiger partial charge is 0.506 e. The smallest absolute Gasteiger partial charge is 0.341 e. The number of para-hydroxylation sites is 2. The van der Waals surface area contributed by atoms with Gasteiger partial charge in [0, 0.05) is 18.3 Å². The van der Waals surface area contributed by atoms with Crippen LogP contribution in [0.5, 0.6) is 5.75 Å². The molecule has 5 aromatic rings. The van der Waals surface area contributed by atoms with E-state index in [1.807, 2.05) is 0 Å². The lowest BCUT2D eigenvalue weighted by Gasteiger charge is -2.18. The number of hydrogen-bond acceptors (Lipinski definition) is 5. The summed E-state index contributed by atoms with van der Waals surface area (Å²) in [5.41, 5.74) is -1.04. The molecular formula is C27H19ClN4O4. The van der Waals surface area contributed by atoms with Gasteiger partial charge in [-0.25, -0.2) is 13.9 Å². The molecule has 36 heavy (non-hydrogen) atoms. The zero-order valence-electron chi connectivity index (χ0n) is 19.0. The second-order valence-corrected chi connectivity index (χ2v) is 8.43. The lowest BCUT2D eigenvalue weighted by Crippen LogP contribution is -2.41. The van der Waals surface area contributed by atoms with Crippen LogP contribution >= 0.6 is 11.6 Å². The van der Waals surface area contributed by atoms with Crippen molar-refractivity contribution in [3.8, 4) is 17.1 Å². The van der Waals surface area contributed by atoms with Gasteiger partial charge in [-0.1, -0.05) is 48.0 Å². The van der Waals surface area contributed by atoms with Crippen molar-refractivity contribution in [2.45, 2.75) is 0 Å². The average Bonchev–Trinajstić information content (AvgIpc) is 2.89. The minimum absolute atomic E-state index is 0.0328. The van der Waals surface area contributed by atoms with Crippen LogP contribution in [0.3, 0.4) is 0 Å². The molecule has 5 rings (SSSR count). The molecule has 0 unspecified atom stereocenters. The van der Waals surface area contributed by atoms with E-state index in [4.69, 9.17) is 11.6 Å². The number of pyridine rings is 1. The molecule has 0 aliphatic rings. The standard InChI is InChI=1S/C27H19ClN4O4/c1-30-24-22(23(33)21(25(30)34)16-29-18-14-12-17(28)13-15-18)26(35)32(20-10-6-3-7-11-20)27(36)31(24)19-8-4-2-5-9-19/h2-16,33H,1H3. The van der Waals surface area contributed by atoms with Crippen molar-refractivity contribution in [3.63, 3.8) is 0 Å². The van der Waals surface area contributed by atoms with Crippen molar-refractivity contribution in [1.29, 1.82) is 0 Å². The highest BCUT2D eigenvalue weighted by molar-refractivity contribution is 6.30. The van der Waals surface area contributed by atoms with Crippen LogP contribution in [-0.4, -0.2) is 25.0 Å². The highest BCUT2D eigenvalue weighted by atomic mass is 35.5. The van der Waals surface area contributed by atoms with Gasteiger partial charge >= 0.3 is 5.69 Å². The Hall–Kier alpha value is -4.69. The lowest BCUT2D eigenvalue weighted by molar-refractivity contribution is 0.477. The zero-order valence-corrected chi connectivity index (χ0v) is 19.8. The Bertz CT molecular complexity index is 1800. The molecule has 0 bridgehead atoms. The third-order valence-electron chi connectivity index (χ3n) is 5.78. The molecule has 3 aromatic carbocycles. The summed E-state index contributed by atoms with van der Waals surface area (Å²) in [5.74, 6) is -0.565. The predicted molar refractivity (Wildman–Crippen MR) is 141 cm³/mol. The van der Waals surface area contributed by atoms with E-state index in [9.17, 15) is 19.5 Å². The second kappa shape index (κ2) is 9.16. The van der Waals surface area contributed by atoms with Gasteiger partial charge in [0.25, 0.3) is 11.1 Å². The van der Waals surface area contributed by atoms with E-state index < -0.39 is 22.6 Å². The molecule has 0 radical (unpaired) electrons. The van der Waals surface area contributed by atoms with Gasteiger partial charge < -0.3 is 5.11 Å². The van der Waals surface area contributed by atoms with E-state index in [0.717, 1.165) is 4.57 Å². The molecule has 0 saturated heterocycles. The number of benzene rings is 3. The first kappa shape index (κ1) is 23.1. The number of aromatic nitrogens is 3. The van der Waals surface area contributed by atoms with E-state index in [2.05, 4.69) is 4.99 Å². The number of aliphatic imine (C=N–C) groups is 1. The zero-order chi connectivity index (χ0) is 25.4. The van der Waals surface area contributed by atoms with Crippen LogP contribution in [0.4, 0.5) is 5.69 Å². The summed E-state index contributed by atoms with van der Waals surface area (Å²) < 4.78 is 3.38. The highest BCUT2D eigenvalue weighted by Gasteiger charge is 2.24. The average molecular weight is 499 g/mol. The minimum Gasteiger partial charge on any atom is -0.506 e. The molecule has 1 N–H and O–H groups in total. The monoisotopic (exact) mass is 498 g/mol. The SMILES string of the molecule is Cn1c(=O)c(C=Nc2ccc(Cl)cc2)c(O)c2c(=O)n(-c3ccccc3)c(=O)n(-c3ccccc3)c21. The van der Waals surface area contributed by atoms with Crippen LogP contribution < -0.4 is 16.8 Å². The number of nitrogens with zero attached hydrogens (tertiary/aromatic N) is 4. The van der Waals surface area contributed by atoms with Gasteiger partial charge in [0.1, 0.15) is 22.3 Å². The van der Waals surface area contributed by atoms with Crippen LogP contribution in [0, 0.1) is 0 Å². The van der Waals surface area contributed by atoms with Gasteiger partial charge in [-0.05, 0) is 48.5 Å². The maximum Gasteiger partial charge on any atom is 0.341 e. The maximum atomic E-state index is 13.7. The third kappa shape index (κ3) is 3.83. The summed E-state index contributed by atoms with van der Waals surface area (Å²) in [4.78, 5) is 45.0. The molecule has 178 valence electrons. The van der Waals surface area contributed by atoms with Crippen molar-refractivity contribution in [2.75, 3.05) is 0 Å². The van der Waals surface area contributed by atoms with Crippen LogP contribution in [0.15, 0.2) is 104 Å². The first-order chi connectivity index (χ1) is 17.4. The Balaban J connectivity index is 1.91. The molecule has 0 aliphatic carbocycles. The third-order valence-corrected chi connectivity index (χ3v) is 6.03. The Morgan fingerprint density at radius 2 is 1.33 bits per heavy atom. The fourth-order valence-electron chi connectivity index (χ4n) is 4.03. The molecule has 0 spiro atoms. The summed E-state index contributed by atoms with van der Waals surface area (Å²) in [6.45, 7) is 0. The summed E-state index contributed by atoms with van der Waals surface area (Å²) >= 11 is 5.92. The van der Waals surface area contributed by atoms with Gasteiger partial charge in [-0.3, -0.25) is 19.1 Å². The van der Waals surface area contributed by atoms with E-state index in [1.54, 1.807) is 84.9 Å². The van der Waals surface area contributed by atoms with Gasteiger partial charge in [0.05, 0.1) is 17.1 Å². The number of aromatic hydroxyl groups is 1. The molecule has 2 heterocycles. The van der Waals surface area contributed by atoms with Crippen molar-refractivity contribution in [1.82, 2.24) is 13.7 Å². The van der Waals surface area contributed by atoms with Gasteiger partial charge in [0.15, 0.2) is 0 Å². The van der Waals surface area contributed by atoms with Crippen molar-refractivity contribution in [2.24, 2.45) is 12.0 Å². The van der Waals surface area contributed by atoms with E-state index in [0.29, 0.717) is 22.1 Å². The Labute approximate surface area is 209 Å². The Morgan fingerprint density at radius 3 is 1.92 bits per heavy atom. The first-order valence-electron chi connectivity index (χ1n) is 10.9. The molecule has 0 aliphatic heterocycles. The number of fused-ring (bicyclic) bond motifs is 1. The van der Waals surface area contributed by atoms with E-state index >= 15 is 0 Å². The van der Waals surface area contributed by atoms with Gasteiger partial charge in [-0.15, -0.1) is 0 Å². The van der Waals surface area contributed by atoms with E-state index in [-0.39, 0.29) is 16.6 Å². The van der Waals surface area contributed by atoms with E-state index in [1.165, 1.54) is 22.4 Å². The number of hydrogen-bond donors (Lipinski definition) is 1. The van der Waals surface area contributed by atoms with Crippen LogP contribution in [0.2, 0.25) is 5.02 Å². The topological polar surface area (TPSA) is 98.6 Å². The van der Waals surface area contributed by atoms with Crippen LogP contribution in [0.1, 0.15) is 5.56 Å². The summed E-state index contributed by atoms with van der Waals surface area (Å²) in [6, 6.07) is 23.6. The molecule has 0 amide bonds. The highest BCUT2D eigenvalue weighted by Crippen LogP contribution is 2.24. The Kier molecular flexibility index (Phi) is 5.87. The quantitative estimate of drug-likeness (QED) is 0.379. The number of halogens is 1. The fraction of sp³-hybridized carbons (Fsp3) is 0.0370. The van der Waals surface area contributed by atoms with Gasteiger partial charge in [0.2, 0.25) is 0 Å². The summed E-state index contributed by atoms with van der Waals surface area (Å²) in [5, 5.41) is 11.6. The molecule has 0 fully saturated rings. The second-order valence-electron chi connectivity index (χ2n) is 7.99. The van der Waals surface area contributed by atoms with Crippen LogP contribution in [-0.2, 0) is 7.05 Å². The lowest BCUT2D eigenvalue weighted by atomic mass is 10.1. The van der Waals surface area contributed by atoms with Crippen molar-refractivity contribution < 1.29 is 5.11 Å². The molecule has 2 aromatic heterocycles. The summed E-state index contributed by atoms with van der Waals surface area (Å²) in [6.07, 6.45) is 1.20. The van der Waals surface area contributed by atoms with Gasteiger partial charge in [-0.2, -0.15) is 0 Å². The maximum absolute atomic E-state index is 13.7. The molecule has 8 nitrogen and oxygen atoms in total. The normalized spacial score (nSPS) is 11.4. The minimum atomic E-state index is -0.761. The number of rotatable bonds is 4. The molecular weight excluding hydrogens is 480 g/mol. The fourth-order valence-corrected chi connectivity index (χ4v) is 4.16. The molecule has 9 heteroatoms. The van der Waals surface area contributed by atoms with Crippen molar-refractivity contribution in [3.05, 3.63) is 127 Å².